The average molecular weight is 698 g/mol. The van der Waals surface area contributed by atoms with E-state index >= 15 is 0 Å². The van der Waals surface area contributed by atoms with Crippen LogP contribution in [0.25, 0.3) is 27.6 Å². The molecule has 53 heavy (non-hydrogen) atoms. The number of aryl methyl sites for hydroxylation is 4. The van der Waals surface area contributed by atoms with Crippen LogP contribution in [0.3, 0.4) is 0 Å². The third kappa shape index (κ3) is 10.9. The maximum absolute atomic E-state index is 4.92. The van der Waals surface area contributed by atoms with Gasteiger partial charge in [-0.25, -0.2) is 4.99 Å². The van der Waals surface area contributed by atoms with Gasteiger partial charge in [0.05, 0.1) is 11.4 Å². The van der Waals surface area contributed by atoms with Crippen molar-refractivity contribution in [2.45, 2.75) is 82.1 Å². The maximum Gasteiger partial charge on any atom is 0.0712 e. The second kappa shape index (κ2) is 19.0. The van der Waals surface area contributed by atoms with E-state index in [1.807, 2.05) is 6.08 Å². The fourth-order valence-electron chi connectivity index (χ4n) is 6.66. The first kappa shape index (κ1) is 40.5. The molecule has 0 spiro atoms. The predicted octanol–water partition coefficient (Wildman–Crippen LogP) is 15.0. The third-order valence-corrected chi connectivity index (χ3v) is 10.3. The molecule has 0 radical (unpaired) electrons. The average Bonchev–Trinajstić information content (AvgIpc) is 3.14. The van der Waals surface area contributed by atoms with E-state index in [0.29, 0.717) is 5.92 Å². The van der Waals surface area contributed by atoms with Crippen LogP contribution >= 0.6 is 0 Å². The summed E-state index contributed by atoms with van der Waals surface area (Å²) in [5, 5.41) is 2.51. The van der Waals surface area contributed by atoms with Gasteiger partial charge in [-0.3, -0.25) is 0 Å². The SMILES string of the molecule is C=C(N=C1C=CC=C/C1=C(/C)c1cccc2ccccc12)c1cc(C)cc(C)c1.CC(C)=C(C)c1ccccc1C.Cc1ccccc1C(C)C(C)C. The summed E-state index contributed by atoms with van der Waals surface area (Å²) in [6.45, 7) is 28.3. The second-order valence-electron chi connectivity index (χ2n) is 14.9. The van der Waals surface area contributed by atoms with Gasteiger partial charge in [0.25, 0.3) is 0 Å². The molecular weight excluding hydrogens is 639 g/mol. The molecule has 1 heteroatoms. The molecule has 0 saturated carbocycles. The fourth-order valence-corrected chi connectivity index (χ4v) is 6.66. The van der Waals surface area contributed by atoms with Crippen LogP contribution in [0.5, 0.6) is 0 Å². The van der Waals surface area contributed by atoms with Crippen molar-refractivity contribution in [3.05, 3.63) is 196 Å². The summed E-state index contributed by atoms with van der Waals surface area (Å²) >= 11 is 0. The minimum absolute atomic E-state index is 0.672. The summed E-state index contributed by atoms with van der Waals surface area (Å²) in [5.41, 5.74) is 17.3. The topological polar surface area (TPSA) is 12.4 Å². The molecule has 6 rings (SSSR count). The van der Waals surface area contributed by atoms with Gasteiger partial charge in [-0.05, 0) is 135 Å². The normalized spacial score (nSPS) is 14.2. The van der Waals surface area contributed by atoms with E-state index < -0.39 is 0 Å². The Morgan fingerprint density at radius 1 is 0.604 bits per heavy atom. The zero-order chi connectivity index (χ0) is 38.7. The first-order valence-electron chi connectivity index (χ1n) is 18.9. The van der Waals surface area contributed by atoms with E-state index in [2.05, 4.69) is 210 Å². The highest BCUT2D eigenvalue weighted by Crippen LogP contribution is 2.30. The van der Waals surface area contributed by atoms with Gasteiger partial charge < -0.3 is 0 Å². The van der Waals surface area contributed by atoms with Gasteiger partial charge in [0.2, 0.25) is 0 Å². The number of hydrogen-bond donors (Lipinski definition) is 0. The molecule has 0 aliphatic heterocycles. The molecule has 5 aromatic carbocycles. The molecule has 1 aliphatic rings. The van der Waals surface area contributed by atoms with Crippen LogP contribution in [0.1, 0.15) is 98.9 Å². The number of rotatable bonds is 6. The first-order valence-corrected chi connectivity index (χ1v) is 18.9. The Morgan fingerprint density at radius 2 is 1.17 bits per heavy atom. The van der Waals surface area contributed by atoms with Gasteiger partial charge in [-0.15, -0.1) is 0 Å². The van der Waals surface area contributed by atoms with Gasteiger partial charge in [0, 0.05) is 11.1 Å². The molecule has 1 nitrogen and oxygen atoms in total. The summed E-state index contributed by atoms with van der Waals surface area (Å²) in [6, 6.07) is 38.6. The quantitative estimate of drug-likeness (QED) is 0.167. The Bertz CT molecular complexity index is 2180. The number of allylic oxidation sites excluding steroid dienone is 8. The molecule has 1 unspecified atom stereocenters. The van der Waals surface area contributed by atoms with E-state index in [-0.39, 0.29) is 0 Å². The molecule has 1 atom stereocenters. The molecule has 0 aromatic heterocycles. The minimum atomic E-state index is 0.672. The van der Waals surface area contributed by atoms with Crippen molar-refractivity contribution in [1.29, 1.82) is 0 Å². The number of aliphatic imine (C=N–C) groups is 1. The molecule has 0 N–H and O–H groups in total. The third-order valence-electron chi connectivity index (χ3n) is 10.3. The van der Waals surface area contributed by atoms with E-state index in [4.69, 9.17) is 4.99 Å². The largest absolute Gasteiger partial charge is 0.248 e. The van der Waals surface area contributed by atoms with Gasteiger partial charge in [0.15, 0.2) is 0 Å². The monoisotopic (exact) mass is 697 g/mol. The minimum Gasteiger partial charge on any atom is -0.248 e. The lowest BCUT2D eigenvalue weighted by atomic mass is 9.88. The summed E-state index contributed by atoms with van der Waals surface area (Å²) < 4.78 is 0. The lowest BCUT2D eigenvalue weighted by molar-refractivity contribution is 0.533. The molecular formula is C52H59N. The van der Waals surface area contributed by atoms with Crippen LogP contribution < -0.4 is 0 Å². The highest BCUT2D eigenvalue weighted by molar-refractivity contribution is 6.18. The molecule has 0 heterocycles. The lowest BCUT2D eigenvalue weighted by Crippen LogP contribution is -2.04. The molecule has 272 valence electrons. The van der Waals surface area contributed by atoms with Crippen LogP contribution in [-0.2, 0) is 0 Å². The van der Waals surface area contributed by atoms with Crippen molar-refractivity contribution in [3.8, 4) is 0 Å². The van der Waals surface area contributed by atoms with E-state index in [1.165, 1.54) is 66.4 Å². The molecule has 0 amide bonds. The van der Waals surface area contributed by atoms with Crippen LogP contribution in [0, 0.1) is 33.6 Å². The number of nitrogens with zero attached hydrogens (tertiary/aromatic N) is 1. The highest BCUT2D eigenvalue weighted by atomic mass is 14.8. The lowest BCUT2D eigenvalue weighted by Gasteiger charge is -2.17. The number of fused-ring (bicyclic) bond motifs is 1. The van der Waals surface area contributed by atoms with E-state index in [0.717, 1.165) is 28.5 Å². The second-order valence-corrected chi connectivity index (χ2v) is 14.9. The van der Waals surface area contributed by atoms with Crippen molar-refractivity contribution in [3.63, 3.8) is 0 Å². The van der Waals surface area contributed by atoms with Gasteiger partial charge >= 0.3 is 0 Å². The standard InChI is InChI=1S/C28H25N.C12H18.C12H16/c1-19-16-20(2)18-24(17-19)22(4)29-28-15-8-7-12-26(28)21(3)25-14-9-11-23-10-5-6-13-27(23)25;2*1-9(2)11(4)12-8-6-5-7-10(12)3/h5-18H,4H2,1-3H3;5-9,11H,1-4H3;5-8H,1-4H3/b26-21+,29-28?;;. The Hall–Kier alpha value is -5.27. The van der Waals surface area contributed by atoms with Crippen LogP contribution in [-0.4, -0.2) is 5.71 Å². The Labute approximate surface area is 320 Å². The van der Waals surface area contributed by atoms with E-state index in [1.54, 1.807) is 0 Å². The Balaban J connectivity index is 0.000000215. The molecule has 1 aliphatic carbocycles. The van der Waals surface area contributed by atoms with Crippen molar-refractivity contribution < 1.29 is 0 Å². The van der Waals surface area contributed by atoms with Gasteiger partial charge in [-0.2, -0.15) is 0 Å². The number of hydrogen-bond acceptors (Lipinski definition) is 1. The predicted molar refractivity (Wildman–Crippen MR) is 237 cm³/mol. The maximum atomic E-state index is 4.92. The molecule has 0 fully saturated rings. The Morgan fingerprint density at radius 3 is 1.81 bits per heavy atom. The van der Waals surface area contributed by atoms with Crippen molar-refractivity contribution in [2.24, 2.45) is 10.9 Å². The molecule has 5 aromatic rings. The van der Waals surface area contributed by atoms with Gasteiger partial charge in [0.1, 0.15) is 0 Å². The smallest absolute Gasteiger partial charge is 0.0712 e. The zero-order valence-corrected chi connectivity index (χ0v) is 34.0. The summed E-state index contributed by atoms with van der Waals surface area (Å²) in [5.74, 6) is 1.40. The van der Waals surface area contributed by atoms with Crippen LogP contribution in [0.2, 0.25) is 0 Å². The summed E-state index contributed by atoms with van der Waals surface area (Å²) in [6.07, 6.45) is 8.32. The number of benzene rings is 5. The molecule has 0 saturated heterocycles. The van der Waals surface area contributed by atoms with Crippen LogP contribution in [0.4, 0.5) is 0 Å². The molecule has 0 bridgehead atoms. The first-order chi connectivity index (χ1) is 25.3. The summed E-state index contributed by atoms with van der Waals surface area (Å²) in [4.78, 5) is 4.92. The van der Waals surface area contributed by atoms with E-state index in [9.17, 15) is 0 Å². The summed E-state index contributed by atoms with van der Waals surface area (Å²) in [7, 11) is 0. The van der Waals surface area contributed by atoms with Crippen molar-refractivity contribution >= 4 is 33.3 Å². The highest BCUT2D eigenvalue weighted by Gasteiger charge is 2.13. The van der Waals surface area contributed by atoms with Gasteiger partial charge in [-0.1, -0.05) is 159 Å². The fraction of sp³-hybridized carbons (Fsp3) is 0.250. The van der Waals surface area contributed by atoms with Crippen molar-refractivity contribution in [2.75, 3.05) is 0 Å². The zero-order valence-electron chi connectivity index (χ0n) is 34.0. The Kier molecular flexibility index (Phi) is 14.5. The van der Waals surface area contributed by atoms with Crippen molar-refractivity contribution in [1.82, 2.24) is 0 Å². The van der Waals surface area contributed by atoms with Crippen LogP contribution in [0.15, 0.2) is 156 Å².